The van der Waals surface area contributed by atoms with Crippen molar-refractivity contribution in [3.63, 3.8) is 0 Å². The quantitative estimate of drug-likeness (QED) is 0.912. The minimum absolute atomic E-state index is 0.267. The molecule has 106 valence electrons. The summed E-state index contributed by atoms with van der Waals surface area (Å²) < 4.78 is 26.8. The maximum absolute atomic E-state index is 13.7. The first-order chi connectivity index (χ1) is 8.87. The van der Waals surface area contributed by atoms with Crippen LogP contribution in [-0.4, -0.2) is 24.5 Å². The van der Waals surface area contributed by atoms with Gasteiger partial charge in [-0.1, -0.05) is 13.8 Å². The zero-order chi connectivity index (χ0) is 14.0. The second-order valence-corrected chi connectivity index (χ2v) is 6.28. The number of hydrogen-bond acceptors (Lipinski definition) is 2. The Labute approximate surface area is 113 Å². The minimum atomic E-state index is -0.482. The van der Waals surface area contributed by atoms with Gasteiger partial charge in [0.15, 0.2) is 0 Å². The van der Waals surface area contributed by atoms with Gasteiger partial charge in [-0.2, -0.15) is 0 Å². The normalized spacial score (nSPS) is 21.3. The van der Waals surface area contributed by atoms with Crippen molar-refractivity contribution >= 4 is 0 Å². The highest BCUT2D eigenvalue weighted by Gasteiger charge is 2.27. The Morgan fingerprint density at radius 3 is 2.79 bits per heavy atom. The van der Waals surface area contributed by atoms with E-state index in [0.717, 1.165) is 31.6 Å². The molecule has 0 aromatic heterocycles. The molecule has 4 heteroatoms. The lowest BCUT2D eigenvalue weighted by Crippen LogP contribution is -2.43. The maximum Gasteiger partial charge on any atom is 0.128 e. The minimum Gasteiger partial charge on any atom is -0.323 e. The summed E-state index contributed by atoms with van der Waals surface area (Å²) in [4.78, 5) is 2.25. The van der Waals surface area contributed by atoms with Gasteiger partial charge in [-0.3, -0.25) is 0 Å². The van der Waals surface area contributed by atoms with Crippen molar-refractivity contribution in [2.45, 2.75) is 32.7 Å². The molecular formula is C15H22F2N2. The monoisotopic (exact) mass is 268 g/mol. The molecule has 0 aliphatic carbocycles. The van der Waals surface area contributed by atoms with E-state index >= 15 is 0 Å². The number of nitrogens with zero attached hydrogens (tertiary/aromatic N) is 1. The number of hydrogen-bond donors (Lipinski definition) is 1. The Bertz CT molecular complexity index is 446. The van der Waals surface area contributed by atoms with Crippen molar-refractivity contribution in [2.24, 2.45) is 11.1 Å². The SMILES string of the molecule is CC1(C)CCCN(CC(N)c2cc(F)ccc2F)C1. The molecule has 1 aromatic carbocycles. The third kappa shape index (κ3) is 3.74. The Balaban J connectivity index is 2.04. The highest BCUT2D eigenvalue weighted by molar-refractivity contribution is 5.22. The molecule has 0 amide bonds. The van der Waals surface area contributed by atoms with Crippen LogP contribution in [0.1, 0.15) is 38.3 Å². The summed E-state index contributed by atoms with van der Waals surface area (Å²) in [7, 11) is 0. The first kappa shape index (κ1) is 14.4. The van der Waals surface area contributed by atoms with E-state index in [0.29, 0.717) is 6.54 Å². The van der Waals surface area contributed by atoms with E-state index in [1.54, 1.807) is 0 Å². The van der Waals surface area contributed by atoms with E-state index in [1.165, 1.54) is 12.5 Å². The molecule has 1 saturated heterocycles. The molecule has 1 aliphatic rings. The van der Waals surface area contributed by atoms with Crippen LogP contribution in [0.5, 0.6) is 0 Å². The third-order valence-corrected chi connectivity index (χ3v) is 3.79. The Morgan fingerprint density at radius 1 is 1.37 bits per heavy atom. The standard InChI is InChI=1S/C15H22F2N2/c1-15(2)6-3-7-19(10-15)9-14(18)12-8-11(16)4-5-13(12)17/h4-5,8,14H,3,6-7,9-10,18H2,1-2H3. The molecule has 2 nitrogen and oxygen atoms in total. The first-order valence-electron chi connectivity index (χ1n) is 6.80. The third-order valence-electron chi connectivity index (χ3n) is 3.79. The number of benzene rings is 1. The molecule has 19 heavy (non-hydrogen) atoms. The average molecular weight is 268 g/mol. The summed E-state index contributed by atoms with van der Waals surface area (Å²) in [5.74, 6) is -0.865. The van der Waals surface area contributed by atoms with Crippen LogP contribution in [0.2, 0.25) is 0 Å². The van der Waals surface area contributed by atoms with E-state index in [-0.39, 0.29) is 11.0 Å². The van der Waals surface area contributed by atoms with Gasteiger partial charge < -0.3 is 10.6 Å². The predicted octanol–water partition coefficient (Wildman–Crippen LogP) is 3.09. The molecule has 1 unspecified atom stereocenters. The average Bonchev–Trinajstić information content (AvgIpc) is 2.31. The smallest absolute Gasteiger partial charge is 0.128 e. The molecule has 0 spiro atoms. The second kappa shape index (κ2) is 5.55. The topological polar surface area (TPSA) is 29.3 Å². The lowest BCUT2D eigenvalue weighted by Gasteiger charge is -2.39. The Kier molecular flexibility index (Phi) is 4.21. The van der Waals surface area contributed by atoms with E-state index in [4.69, 9.17) is 5.73 Å². The zero-order valence-corrected chi connectivity index (χ0v) is 11.6. The molecule has 1 fully saturated rings. The van der Waals surface area contributed by atoms with Gasteiger partial charge in [-0.25, -0.2) is 8.78 Å². The van der Waals surface area contributed by atoms with Gasteiger partial charge in [0.05, 0.1) is 0 Å². The van der Waals surface area contributed by atoms with Crippen LogP contribution in [-0.2, 0) is 0 Å². The van der Waals surface area contributed by atoms with Crippen LogP contribution in [0, 0.1) is 17.0 Å². The number of piperidine rings is 1. The van der Waals surface area contributed by atoms with Crippen molar-refractivity contribution in [1.29, 1.82) is 0 Å². The fraction of sp³-hybridized carbons (Fsp3) is 0.600. The van der Waals surface area contributed by atoms with Gasteiger partial charge in [-0.15, -0.1) is 0 Å². The van der Waals surface area contributed by atoms with Gasteiger partial charge in [-0.05, 0) is 43.0 Å². The fourth-order valence-corrected chi connectivity index (χ4v) is 2.88. The number of rotatable bonds is 3. The largest absolute Gasteiger partial charge is 0.323 e. The van der Waals surface area contributed by atoms with E-state index < -0.39 is 17.7 Å². The second-order valence-electron chi connectivity index (χ2n) is 6.28. The van der Waals surface area contributed by atoms with E-state index in [1.807, 2.05) is 0 Å². The number of likely N-dealkylation sites (tertiary alicyclic amines) is 1. The summed E-state index contributed by atoms with van der Waals surface area (Å²) >= 11 is 0. The maximum atomic E-state index is 13.7. The van der Waals surface area contributed by atoms with Crippen molar-refractivity contribution in [3.8, 4) is 0 Å². The molecule has 1 atom stereocenters. The van der Waals surface area contributed by atoms with Crippen LogP contribution in [0.15, 0.2) is 18.2 Å². The van der Waals surface area contributed by atoms with Gasteiger partial charge in [0, 0.05) is 24.7 Å². The van der Waals surface area contributed by atoms with Gasteiger partial charge in [0.2, 0.25) is 0 Å². The fourth-order valence-electron chi connectivity index (χ4n) is 2.88. The van der Waals surface area contributed by atoms with Crippen molar-refractivity contribution in [1.82, 2.24) is 4.90 Å². The molecule has 1 heterocycles. The Hall–Kier alpha value is -1.00. The van der Waals surface area contributed by atoms with Crippen molar-refractivity contribution < 1.29 is 8.78 Å². The van der Waals surface area contributed by atoms with Gasteiger partial charge >= 0.3 is 0 Å². The lowest BCUT2D eigenvalue weighted by molar-refractivity contribution is 0.111. The van der Waals surface area contributed by atoms with E-state index in [9.17, 15) is 8.78 Å². The summed E-state index contributed by atoms with van der Waals surface area (Å²) in [5.41, 5.74) is 6.58. The predicted molar refractivity (Wildman–Crippen MR) is 72.7 cm³/mol. The summed E-state index contributed by atoms with van der Waals surface area (Å²) in [6, 6.07) is 2.99. The molecule has 1 aliphatic heterocycles. The highest BCUT2D eigenvalue weighted by atomic mass is 19.1. The molecular weight excluding hydrogens is 246 g/mol. The van der Waals surface area contributed by atoms with Gasteiger partial charge in [0.1, 0.15) is 11.6 Å². The molecule has 2 rings (SSSR count). The van der Waals surface area contributed by atoms with Crippen LogP contribution in [0.4, 0.5) is 8.78 Å². The van der Waals surface area contributed by atoms with Crippen LogP contribution < -0.4 is 5.73 Å². The van der Waals surface area contributed by atoms with E-state index in [2.05, 4.69) is 18.7 Å². The number of nitrogens with two attached hydrogens (primary N) is 1. The molecule has 0 saturated carbocycles. The lowest BCUT2D eigenvalue weighted by atomic mass is 9.84. The molecule has 2 N–H and O–H groups in total. The summed E-state index contributed by atoms with van der Waals surface area (Å²) in [6.45, 7) is 6.97. The van der Waals surface area contributed by atoms with Gasteiger partial charge in [0.25, 0.3) is 0 Å². The van der Waals surface area contributed by atoms with Crippen LogP contribution in [0.25, 0.3) is 0 Å². The molecule has 0 radical (unpaired) electrons. The Morgan fingerprint density at radius 2 is 2.11 bits per heavy atom. The molecule has 0 bridgehead atoms. The van der Waals surface area contributed by atoms with Crippen LogP contribution >= 0.6 is 0 Å². The zero-order valence-electron chi connectivity index (χ0n) is 11.6. The number of halogens is 2. The van der Waals surface area contributed by atoms with Crippen LogP contribution in [0.3, 0.4) is 0 Å². The first-order valence-corrected chi connectivity index (χ1v) is 6.80. The summed E-state index contributed by atoms with van der Waals surface area (Å²) in [6.07, 6.45) is 2.33. The molecule has 1 aromatic rings. The van der Waals surface area contributed by atoms with Crippen molar-refractivity contribution in [2.75, 3.05) is 19.6 Å². The highest BCUT2D eigenvalue weighted by Crippen LogP contribution is 2.29. The van der Waals surface area contributed by atoms with Crippen molar-refractivity contribution in [3.05, 3.63) is 35.4 Å². The summed E-state index contributed by atoms with van der Waals surface area (Å²) in [5, 5.41) is 0.